The number of hydrogen-bond acceptors (Lipinski definition) is 7. The largest absolute Gasteiger partial charge is 0.495 e. The van der Waals surface area contributed by atoms with Gasteiger partial charge in [0.1, 0.15) is 16.6 Å². The molecule has 0 saturated carbocycles. The van der Waals surface area contributed by atoms with Crippen LogP contribution in [-0.4, -0.2) is 37.7 Å². The maximum Gasteiger partial charge on any atom is 0.338 e. The van der Waals surface area contributed by atoms with Crippen LogP contribution >= 0.6 is 11.3 Å². The summed E-state index contributed by atoms with van der Waals surface area (Å²) in [6.07, 6.45) is 4.41. The number of anilines is 1. The third-order valence-electron chi connectivity index (χ3n) is 6.52. The van der Waals surface area contributed by atoms with Crippen LogP contribution in [0.3, 0.4) is 0 Å². The van der Waals surface area contributed by atoms with Crippen molar-refractivity contribution in [1.82, 2.24) is 4.98 Å². The van der Waals surface area contributed by atoms with E-state index in [4.69, 9.17) is 14.6 Å². The number of carboxylic acid groups (broad SMARTS) is 1. The number of methoxy groups -OCH3 is 1. The molecule has 214 valence electrons. The zero-order valence-electron chi connectivity index (χ0n) is 22.7. The summed E-state index contributed by atoms with van der Waals surface area (Å²) in [5.41, 5.74) is 0.925. The second-order valence-electron chi connectivity index (χ2n) is 10.5. The van der Waals surface area contributed by atoms with Gasteiger partial charge in [-0.25, -0.2) is 18.6 Å². The second kappa shape index (κ2) is 11.2. The van der Waals surface area contributed by atoms with Crippen molar-refractivity contribution in [2.75, 3.05) is 11.8 Å². The van der Waals surface area contributed by atoms with Gasteiger partial charge >= 0.3 is 5.97 Å². The first-order valence-electron chi connectivity index (χ1n) is 12.5. The van der Waals surface area contributed by atoms with Crippen molar-refractivity contribution < 1.29 is 36.6 Å². The minimum absolute atomic E-state index is 0.0806. The number of nitrogens with one attached hydrogen (secondary N) is 1. The number of sulfonamides is 1. The average molecular weight is 593 g/mol. The Bertz CT molecular complexity index is 1600. The van der Waals surface area contributed by atoms with Crippen molar-refractivity contribution in [2.24, 2.45) is 5.41 Å². The second-order valence-corrected chi connectivity index (χ2v) is 13.0. The molecule has 12 heteroatoms. The van der Waals surface area contributed by atoms with Crippen LogP contribution in [0.4, 0.5) is 14.5 Å². The Morgan fingerprint density at radius 1 is 1.20 bits per heavy atom. The van der Waals surface area contributed by atoms with E-state index in [-0.39, 0.29) is 39.3 Å². The summed E-state index contributed by atoms with van der Waals surface area (Å²) >= 11 is 0.919. The van der Waals surface area contributed by atoms with Crippen molar-refractivity contribution in [2.45, 2.75) is 58.1 Å². The number of allylic oxidation sites excluding steroid dienone is 2. The standard InChI is InChI=1S/C28H30F2N2O6S2/c1-15(2)38-25-17(16-8-10-28(3,4)11-9-16)6-7-18(24(25)30)26-31-23(14-39-26)40(35,36)32-21-13-20(29)19(27(33)34)12-22(21)37-5/h6-8,12-15,32H,9-11H2,1-5H3,(H,33,34). The zero-order chi connectivity index (χ0) is 29.4. The molecule has 0 saturated heterocycles. The number of carbonyl (C=O) groups is 1. The summed E-state index contributed by atoms with van der Waals surface area (Å²) in [4.78, 5) is 15.4. The number of halogens is 2. The number of aromatic nitrogens is 1. The molecular formula is C28H30F2N2O6S2. The van der Waals surface area contributed by atoms with E-state index in [1.54, 1.807) is 26.0 Å². The SMILES string of the molecule is COc1cc(C(=O)O)c(F)cc1NS(=O)(=O)c1csc(-c2ccc(C3=CCC(C)(C)CC3)c(OC(C)C)c2F)n1. The van der Waals surface area contributed by atoms with Gasteiger partial charge in [-0.2, -0.15) is 8.42 Å². The van der Waals surface area contributed by atoms with Crippen molar-refractivity contribution in [3.05, 3.63) is 58.5 Å². The van der Waals surface area contributed by atoms with Gasteiger partial charge in [-0.15, -0.1) is 11.3 Å². The van der Waals surface area contributed by atoms with Crippen molar-refractivity contribution in [3.63, 3.8) is 0 Å². The van der Waals surface area contributed by atoms with E-state index >= 15 is 4.39 Å². The minimum atomic E-state index is -4.37. The minimum Gasteiger partial charge on any atom is -0.495 e. The summed E-state index contributed by atoms with van der Waals surface area (Å²) in [5.74, 6) is -3.44. The number of carboxylic acids is 1. The van der Waals surface area contributed by atoms with E-state index in [1.165, 1.54) is 12.5 Å². The van der Waals surface area contributed by atoms with Crippen LogP contribution in [0.2, 0.25) is 0 Å². The summed E-state index contributed by atoms with van der Waals surface area (Å²) in [7, 11) is -3.18. The van der Waals surface area contributed by atoms with Crippen molar-refractivity contribution in [1.29, 1.82) is 0 Å². The van der Waals surface area contributed by atoms with Crippen LogP contribution in [0, 0.1) is 17.0 Å². The van der Waals surface area contributed by atoms with Crippen molar-refractivity contribution in [3.8, 4) is 22.1 Å². The molecular weight excluding hydrogens is 562 g/mol. The van der Waals surface area contributed by atoms with Gasteiger partial charge in [-0.1, -0.05) is 26.0 Å². The molecule has 8 nitrogen and oxygen atoms in total. The topological polar surface area (TPSA) is 115 Å². The molecule has 0 spiro atoms. The number of ether oxygens (including phenoxy) is 2. The third-order valence-corrected chi connectivity index (χ3v) is 8.79. The molecule has 1 heterocycles. The first kappa shape index (κ1) is 29.5. The van der Waals surface area contributed by atoms with Gasteiger partial charge in [-0.3, -0.25) is 4.72 Å². The first-order valence-corrected chi connectivity index (χ1v) is 14.9. The van der Waals surface area contributed by atoms with E-state index in [0.29, 0.717) is 11.6 Å². The Morgan fingerprint density at radius 3 is 2.50 bits per heavy atom. The Kier molecular flexibility index (Phi) is 8.23. The molecule has 2 N–H and O–H groups in total. The van der Waals surface area contributed by atoms with E-state index < -0.39 is 38.2 Å². The van der Waals surface area contributed by atoms with Gasteiger partial charge in [0.05, 0.1) is 30.0 Å². The monoisotopic (exact) mass is 592 g/mol. The first-order chi connectivity index (χ1) is 18.7. The maximum atomic E-state index is 15.9. The normalized spacial score (nSPS) is 15.1. The molecule has 2 aromatic carbocycles. The molecule has 0 radical (unpaired) electrons. The number of nitrogens with zero attached hydrogens (tertiary/aromatic N) is 1. The predicted octanol–water partition coefficient (Wildman–Crippen LogP) is 6.98. The number of hydrogen-bond donors (Lipinski definition) is 2. The van der Waals surface area contributed by atoms with Crippen LogP contribution in [0.25, 0.3) is 16.1 Å². The lowest BCUT2D eigenvalue weighted by atomic mass is 9.77. The molecule has 0 amide bonds. The van der Waals surface area contributed by atoms with Crippen LogP contribution in [0.15, 0.2) is 40.7 Å². The van der Waals surface area contributed by atoms with E-state index in [1.807, 2.05) is 0 Å². The van der Waals surface area contributed by atoms with Crippen molar-refractivity contribution >= 4 is 38.6 Å². The third kappa shape index (κ3) is 6.12. The number of rotatable bonds is 9. The molecule has 0 unspecified atom stereocenters. The lowest BCUT2D eigenvalue weighted by molar-refractivity contribution is 0.0691. The van der Waals surface area contributed by atoms with Crippen LogP contribution < -0.4 is 14.2 Å². The molecule has 40 heavy (non-hydrogen) atoms. The highest BCUT2D eigenvalue weighted by atomic mass is 32.2. The lowest BCUT2D eigenvalue weighted by Gasteiger charge is -2.29. The van der Waals surface area contributed by atoms with Gasteiger partial charge in [-0.05, 0) is 56.2 Å². The number of thiazole rings is 1. The highest BCUT2D eigenvalue weighted by Gasteiger charge is 2.28. The number of aromatic carboxylic acids is 1. The Labute approximate surface area is 235 Å². The summed E-state index contributed by atoms with van der Waals surface area (Å²) in [6.45, 7) is 7.98. The number of benzene rings is 2. The molecule has 0 aliphatic heterocycles. The molecule has 0 atom stereocenters. The molecule has 3 aromatic rings. The molecule has 1 aliphatic rings. The van der Waals surface area contributed by atoms with E-state index in [0.717, 1.165) is 42.2 Å². The summed E-state index contributed by atoms with van der Waals surface area (Å²) in [6, 6.07) is 4.91. The lowest BCUT2D eigenvalue weighted by Crippen LogP contribution is -2.15. The van der Waals surface area contributed by atoms with Crippen LogP contribution in [-0.2, 0) is 10.0 Å². The fourth-order valence-corrected chi connectivity index (χ4v) is 6.49. The molecule has 1 aliphatic carbocycles. The van der Waals surface area contributed by atoms with Crippen LogP contribution in [0.1, 0.15) is 62.9 Å². The fourth-order valence-electron chi connectivity index (χ4n) is 4.32. The Morgan fingerprint density at radius 2 is 1.90 bits per heavy atom. The fraction of sp³-hybridized carbons (Fsp3) is 0.357. The van der Waals surface area contributed by atoms with Gasteiger partial charge in [0, 0.05) is 17.0 Å². The highest BCUT2D eigenvalue weighted by Crippen LogP contribution is 2.43. The van der Waals surface area contributed by atoms with Gasteiger partial charge in [0.25, 0.3) is 10.0 Å². The smallest absolute Gasteiger partial charge is 0.338 e. The summed E-state index contributed by atoms with van der Waals surface area (Å²) in [5, 5.41) is 10.0. The predicted molar refractivity (Wildman–Crippen MR) is 150 cm³/mol. The van der Waals surface area contributed by atoms with Crippen LogP contribution in [0.5, 0.6) is 11.5 Å². The van der Waals surface area contributed by atoms with E-state index in [9.17, 15) is 17.6 Å². The maximum absolute atomic E-state index is 15.9. The zero-order valence-corrected chi connectivity index (χ0v) is 24.3. The average Bonchev–Trinajstić information content (AvgIpc) is 3.36. The Balaban J connectivity index is 1.69. The van der Waals surface area contributed by atoms with Gasteiger partial charge in [0.15, 0.2) is 16.6 Å². The van der Waals surface area contributed by atoms with Gasteiger partial charge in [0.2, 0.25) is 0 Å². The molecule has 1 aromatic heterocycles. The quantitative estimate of drug-likeness (QED) is 0.276. The van der Waals surface area contributed by atoms with E-state index in [2.05, 4.69) is 29.6 Å². The molecule has 0 bridgehead atoms. The summed E-state index contributed by atoms with van der Waals surface area (Å²) < 4.78 is 69.4. The molecule has 0 fully saturated rings. The highest BCUT2D eigenvalue weighted by molar-refractivity contribution is 7.92. The molecule has 4 rings (SSSR count). The van der Waals surface area contributed by atoms with Gasteiger partial charge < -0.3 is 14.6 Å². The Hall–Kier alpha value is -3.51.